The van der Waals surface area contributed by atoms with Gasteiger partial charge in [0.15, 0.2) is 5.78 Å². The summed E-state index contributed by atoms with van der Waals surface area (Å²) in [6.45, 7) is 3.08. The fourth-order valence-corrected chi connectivity index (χ4v) is 2.51. The van der Waals surface area contributed by atoms with Crippen LogP contribution in [0.5, 0.6) is 0 Å². The molecule has 0 spiro atoms. The fraction of sp³-hybridized carbons (Fsp3) is 0.278. The molecule has 0 amide bonds. The van der Waals surface area contributed by atoms with E-state index in [1.807, 2.05) is 54.6 Å². The highest BCUT2D eigenvalue weighted by atomic mass is 32.2. The SMILES string of the molecule is CN1CCN(c2ccc(C(=O)c3ccccc3)cc2)C1.CS(=O)(=O)O. The van der Waals surface area contributed by atoms with Crippen LogP contribution in [0.3, 0.4) is 0 Å². The van der Waals surface area contributed by atoms with E-state index < -0.39 is 10.1 Å². The summed E-state index contributed by atoms with van der Waals surface area (Å²) < 4.78 is 25.9. The zero-order valence-electron chi connectivity index (χ0n) is 14.3. The molecule has 1 aliphatic heterocycles. The van der Waals surface area contributed by atoms with Crippen molar-refractivity contribution in [1.29, 1.82) is 0 Å². The Labute approximate surface area is 148 Å². The van der Waals surface area contributed by atoms with Gasteiger partial charge in [0, 0.05) is 29.9 Å². The largest absolute Gasteiger partial charge is 0.357 e. The van der Waals surface area contributed by atoms with E-state index in [9.17, 15) is 13.2 Å². The van der Waals surface area contributed by atoms with Crippen molar-refractivity contribution < 1.29 is 17.8 Å². The Morgan fingerprint density at radius 1 is 0.960 bits per heavy atom. The predicted molar refractivity (Wildman–Crippen MR) is 98.6 cm³/mol. The maximum Gasteiger partial charge on any atom is 0.261 e. The predicted octanol–water partition coefficient (Wildman–Crippen LogP) is 2.13. The fourth-order valence-electron chi connectivity index (χ4n) is 2.51. The first kappa shape index (κ1) is 19.1. The van der Waals surface area contributed by atoms with Gasteiger partial charge in [0.2, 0.25) is 0 Å². The van der Waals surface area contributed by atoms with Gasteiger partial charge in [0.25, 0.3) is 10.1 Å². The molecule has 0 aromatic heterocycles. The highest BCUT2D eigenvalue weighted by Crippen LogP contribution is 2.19. The van der Waals surface area contributed by atoms with E-state index in [2.05, 4.69) is 16.8 Å². The number of hydrogen-bond acceptors (Lipinski definition) is 5. The molecule has 2 aromatic rings. The van der Waals surface area contributed by atoms with E-state index in [0.29, 0.717) is 6.26 Å². The maximum atomic E-state index is 12.3. The number of rotatable bonds is 3. The molecule has 3 rings (SSSR count). The number of benzene rings is 2. The van der Waals surface area contributed by atoms with Crippen LogP contribution in [0.15, 0.2) is 54.6 Å². The van der Waals surface area contributed by atoms with Crippen molar-refractivity contribution in [3.05, 3.63) is 65.7 Å². The first-order chi connectivity index (χ1) is 11.7. The molecule has 1 fully saturated rings. The summed E-state index contributed by atoms with van der Waals surface area (Å²) in [4.78, 5) is 16.9. The Kier molecular flexibility index (Phi) is 6.30. The maximum absolute atomic E-state index is 12.3. The Morgan fingerprint density at radius 2 is 1.48 bits per heavy atom. The van der Waals surface area contributed by atoms with E-state index in [1.165, 1.54) is 5.69 Å². The molecule has 25 heavy (non-hydrogen) atoms. The van der Waals surface area contributed by atoms with E-state index in [1.54, 1.807) is 0 Å². The van der Waals surface area contributed by atoms with Crippen LogP contribution >= 0.6 is 0 Å². The van der Waals surface area contributed by atoms with E-state index in [0.717, 1.165) is 30.9 Å². The van der Waals surface area contributed by atoms with E-state index in [-0.39, 0.29) is 5.78 Å². The van der Waals surface area contributed by atoms with Crippen LogP contribution in [0.4, 0.5) is 5.69 Å². The molecule has 7 heteroatoms. The number of anilines is 1. The van der Waals surface area contributed by atoms with Gasteiger partial charge in [-0.1, -0.05) is 30.3 Å². The molecule has 1 heterocycles. The molecule has 134 valence electrons. The minimum atomic E-state index is -3.67. The number of likely N-dealkylation sites (N-methyl/N-ethyl adjacent to an activating group) is 1. The molecule has 1 N–H and O–H groups in total. The van der Waals surface area contributed by atoms with Gasteiger partial charge in [-0.3, -0.25) is 14.2 Å². The van der Waals surface area contributed by atoms with E-state index >= 15 is 0 Å². The Hall–Kier alpha value is -2.22. The lowest BCUT2D eigenvalue weighted by molar-refractivity contribution is 0.103. The Bertz CT molecular complexity index is 797. The Morgan fingerprint density at radius 3 is 1.96 bits per heavy atom. The first-order valence-electron chi connectivity index (χ1n) is 7.80. The zero-order chi connectivity index (χ0) is 18.4. The van der Waals surface area contributed by atoms with E-state index in [4.69, 9.17) is 4.55 Å². The third-order valence-corrected chi connectivity index (χ3v) is 3.69. The molecule has 6 nitrogen and oxygen atoms in total. The lowest BCUT2D eigenvalue weighted by atomic mass is 10.0. The molecule has 0 radical (unpaired) electrons. The summed E-state index contributed by atoms with van der Waals surface area (Å²) in [5, 5.41) is 0. The van der Waals surface area contributed by atoms with Crippen molar-refractivity contribution in [3.8, 4) is 0 Å². The second kappa shape index (κ2) is 8.24. The lowest BCUT2D eigenvalue weighted by Gasteiger charge is -2.18. The summed E-state index contributed by atoms with van der Waals surface area (Å²) in [6, 6.07) is 17.3. The summed E-state index contributed by atoms with van der Waals surface area (Å²) >= 11 is 0. The summed E-state index contributed by atoms with van der Waals surface area (Å²) in [5.74, 6) is 0.0793. The lowest BCUT2D eigenvalue weighted by Crippen LogP contribution is -2.22. The van der Waals surface area contributed by atoms with Crippen molar-refractivity contribution in [2.24, 2.45) is 0 Å². The molecule has 0 saturated carbocycles. The van der Waals surface area contributed by atoms with Gasteiger partial charge in [-0.05, 0) is 31.3 Å². The van der Waals surface area contributed by atoms with Crippen LogP contribution in [0.2, 0.25) is 0 Å². The van der Waals surface area contributed by atoms with Crippen molar-refractivity contribution in [3.63, 3.8) is 0 Å². The second-order valence-electron chi connectivity index (χ2n) is 5.96. The topological polar surface area (TPSA) is 77.9 Å². The monoisotopic (exact) mass is 362 g/mol. The zero-order valence-corrected chi connectivity index (χ0v) is 15.1. The van der Waals surface area contributed by atoms with Gasteiger partial charge in [0.1, 0.15) is 0 Å². The first-order valence-corrected chi connectivity index (χ1v) is 9.64. The number of hydrogen-bond donors (Lipinski definition) is 1. The molecule has 1 aliphatic rings. The number of carbonyl (C=O) groups is 1. The van der Waals surface area contributed by atoms with Crippen molar-refractivity contribution in [2.45, 2.75) is 0 Å². The van der Waals surface area contributed by atoms with Gasteiger partial charge in [-0.25, -0.2) is 0 Å². The van der Waals surface area contributed by atoms with Gasteiger partial charge in [-0.15, -0.1) is 0 Å². The average Bonchev–Trinajstić information content (AvgIpc) is 3.00. The molecular formula is C18H22N2O4S. The van der Waals surface area contributed by atoms with Crippen LogP contribution < -0.4 is 4.90 Å². The molecule has 0 atom stereocenters. The summed E-state index contributed by atoms with van der Waals surface area (Å²) in [7, 11) is -1.55. The van der Waals surface area contributed by atoms with Crippen LogP contribution in [0.1, 0.15) is 15.9 Å². The molecule has 0 bridgehead atoms. The number of carbonyl (C=O) groups excluding carboxylic acids is 1. The van der Waals surface area contributed by atoms with Crippen molar-refractivity contribution in [2.75, 3.05) is 38.0 Å². The van der Waals surface area contributed by atoms with Crippen LogP contribution in [0.25, 0.3) is 0 Å². The normalized spacial score (nSPS) is 14.8. The molecule has 0 aliphatic carbocycles. The van der Waals surface area contributed by atoms with Gasteiger partial charge in [0.05, 0.1) is 12.9 Å². The van der Waals surface area contributed by atoms with Crippen LogP contribution in [-0.4, -0.2) is 56.7 Å². The van der Waals surface area contributed by atoms with Crippen LogP contribution in [-0.2, 0) is 10.1 Å². The second-order valence-corrected chi connectivity index (χ2v) is 7.43. The third kappa shape index (κ3) is 6.30. The highest BCUT2D eigenvalue weighted by molar-refractivity contribution is 7.85. The Balaban J connectivity index is 0.000000399. The van der Waals surface area contributed by atoms with Crippen molar-refractivity contribution >= 4 is 21.6 Å². The minimum absolute atomic E-state index is 0.0793. The quantitative estimate of drug-likeness (QED) is 0.666. The third-order valence-electron chi connectivity index (χ3n) is 3.69. The molecular weight excluding hydrogens is 340 g/mol. The van der Waals surface area contributed by atoms with Crippen LogP contribution in [0, 0.1) is 0 Å². The van der Waals surface area contributed by atoms with Gasteiger partial charge < -0.3 is 4.90 Å². The minimum Gasteiger partial charge on any atom is -0.357 e. The average molecular weight is 362 g/mol. The summed E-state index contributed by atoms with van der Waals surface area (Å²) in [6.07, 6.45) is 0.715. The molecule has 0 unspecified atom stereocenters. The highest BCUT2D eigenvalue weighted by Gasteiger charge is 2.17. The molecule has 1 saturated heterocycles. The smallest absolute Gasteiger partial charge is 0.261 e. The summed E-state index contributed by atoms with van der Waals surface area (Å²) in [5.41, 5.74) is 2.66. The number of ketones is 1. The molecule has 2 aromatic carbocycles. The van der Waals surface area contributed by atoms with Gasteiger partial charge >= 0.3 is 0 Å². The standard InChI is InChI=1S/C17H18N2O.CH4O3S/c1-18-11-12-19(13-18)16-9-7-15(8-10-16)17(20)14-5-3-2-4-6-14;1-5(2,3)4/h2-10H,11-13H2,1H3;1H3,(H,2,3,4). The van der Waals surface area contributed by atoms with Gasteiger partial charge in [-0.2, -0.15) is 8.42 Å². The number of nitrogens with zero attached hydrogens (tertiary/aromatic N) is 2. The van der Waals surface area contributed by atoms with Crippen molar-refractivity contribution in [1.82, 2.24) is 4.90 Å².